The zero-order chi connectivity index (χ0) is 15.3. The van der Waals surface area contributed by atoms with Gasteiger partial charge in [0.1, 0.15) is 5.69 Å². The molecule has 0 radical (unpaired) electrons. The second-order valence-electron chi connectivity index (χ2n) is 7.60. The number of H-pyrrole nitrogens is 1. The normalized spacial score (nSPS) is 36.6. The molecular weight excluding hydrogens is 278 g/mol. The number of aromatic nitrogens is 3. The number of aryl methyl sites for hydroxylation is 1. The van der Waals surface area contributed by atoms with Gasteiger partial charge in [-0.25, -0.2) is 5.43 Å². The van der Waals surface area contributed by atoms with Crippen molar-refractivity contribution >= 4 is 11.7 Å². The SMILES string of the molecule is CC(=NNc1nnc(C)c(=O)[nH]1)C12CC3CC(CC(C3)C1)C2. The third kappa shape index (κ3) is 2.25. The van der Waals surface area contributed by atoms with Gasteiger partial charge in [-0.05, 0) is 70.1 Å². The summed E-state index contributed by atoms with van der Waals surface area (Å²) in [6.45, 7) is 3.76. The topological polar surface area (TPSA) is 83.0 Å². The highest BCUT2D eigenvalue weighted by Gasteiger charge is 2.52. The van der Waals surface area contributed by atoms with Gasteiger partial charge >= 0.3 is 0 Å². The Morgan fingerprint density at radius 2 is 1.77 bits per heavy atom. The summed E-state index contributed by atoms with van der Waals surface area (Å²) in [7, 11) is 0. The Balaban J connectivity index is 1.54. The first-order valence-electron chi connectivity index (χ1n) is 8.28. The lowest BCUT2D eigenvalue weighted by Gasteiger charge is -2.56. The van der Waals surface area contributed by atoms with E-state index in [1.54, 1.807) is 6.92 Å². The van der Waals surface area contributed by atoms with Gasteiger partial charge in [-0.1, -0.05) is 0 Å². The second-order valence-corrected chi connectivity index (χ2v) is 7.60. The van der Waals surface area contributed by atoms with Crippen molar-refractivity contribution in [2.45, 2.75) is 52.4 Å². The summed E-state index contributed by atoms with van der Waals surface area (Å²) in [5.74, 6) is 3.01. The standard InChI is InChI=1S/C16H23N5O/c1-9-14(22)17-15(20-18-9)21-19-10(2)16-6-11-3-12(7-16)5-13(4-11)8-16/h11-13H,3-8H2,1-2H3,(H2,17,20,21,22). The van der Waals surface area contributed by atoms with Crippen molar-refractivity contribution in [3.05, 3.63) is 16.0 Å². The van der Waals surface area contributed by atoms with Crippen molar-refractivity contribution in [2.75, 3.05) is 5.43 Å². The number of hydrazone groups is 1. The van der Waals surface area contributed by atoms with Gasteiger partial charge in [0.05, 0.1) is 0 Å². The molecule has 0 unspecified atom stereocenters. The number of hydrogen-bond acceptors (Lipinski definition) is 5. The smallest absolute Gasteiger partial charge is 0.274 e. The summed E-state index contributed by atoms with van der Waals surface area (Å²) < 4.78 is 0. The van der Waals surface area contributed by atoms with Crippen LogP contribution in [0.1, 0.15) is 51.1 Å². The predicted octanol–water partition coefficient (Wildman–Crippen LogP) is 2.48. The van der Waals surface area contributed by atoms with Gasteiger partial charge in [-0.3, -0.25) is 9.78 Å². The van der Waals surface area contributed by atoms with Gasteiger partial charge in [0, 0.05) is 11.1 Å². The molecular formula is C16H23N5O. The van der Waals surface area contributed by atoms with Crippen molar-refractivity contribution in [3.8, 4) is 0 Å². The quantitative estimate of drug-likeness (QED) is 0.663. The summed E-state index contributed by atoms with van der Waals surface area (Å²) in [5.41, 5.74) is 4.48. The Kier molecular flexibility index (Phi) is 3.09. The minimum atomic E-state index is -0.222. The summed E-state index contributed by atoms with van der Waals surface area (Å²) >= 11 is 0. The lowest BCUT2D eigenvalue weighted by molar-refractivity contribution is -0.0126. The monoisotopic (exact) mass is 301 g/mol. The molecule has 1 aromatic heterocycles. The largest absolute Gasteiger partial charge is 0.288 e. The molecule has 4 aliphatic carbocycles. The molecule has 6 heteroatoms. The highest BCUT2D eigenvalue weighted by molar-refractivity contribution is 5.89. The molecule has 5 rings (SSSR count). The van der Waals surface area contributed by atoms with Crippen molar-refractivity contribution in [1.29, 1.82) is 0 Å². The molecule has 1 heterocycles. The molecule has 0 aliphatic heterocycles. The molecule has 0 spiro atoms. The minimum absolute atomic E-state index is 0.222. The maximum absolute atomic E-state index is 11.6. The van der Waals surface area contributed by atoms with E-state index in [-0.39, 0.29) is 11.0 Å². The highest BCUT2D eigenvalue weighted by atomic mass is 16.1. The van der Waals surface area contributed by atoms with E-state index in [1.807, 2.05) is 0 Å². The Bertz CT molecular complexity index is 642. The molecule has 0 amide bonds. The average molecular weight is 301 g/mol. The molecule has 4 aliphatic rings. The number of nitrogens with zero attached hydrogens (tertiary/aromatic N) is 3. The van der Waals surface area contributed by atoms with Gasteiger partial charge < -0.3 is 0 Å². The fraction of sp³-hybridized carbons (Fsp3) is 0.750. The zero-order valence-electron chi connectivity index (χ0n) is 13.2. The predicted molar refractivity (Wildman–Crippen MR) is 84.7 cm³/mol. The van der Waals surface area contributed by atoms with Gasteiger partial charge in [0.2, 0.25) is 5.95 Å². The zero-order valence-corrected chi connectivity index (χ0v) is 13.2. The van der Waals surface area contributed by atoms with Crippen LogP contribution in [0.15, 0.2) is 9.90 Å². The molecule has 22 heavy (non-hydrogen) atoms. The third-order valence-corrected chi connectivity index (χ3v) is 6.00. The average Bonchev–Trinajstić information content (AvgIpc) is 2.46. The van der Waals surface area contributed by atoms with Gasteiger partial charge in [-0.2, -0.15) is 5.10 Å². The summed E-state index contributed by atoms with van der Waals surface area (Å²) in [4.78, 5) is 14.2. The van der Waals surface area contributed by atoms with Crippen LogP contribution in [-0.4, -0.2) is 20.9 Å². The van der Waals surface area contributed by atoms with Crippen molar-refractivity contribution < 1.29 is 0 Å². The van der Waals surface area contributed by atoms with Crippen molar-refractivity contribution in [3.63, 3.8) is 0 Å². The summed E-state index contributed by atoms with van der Waals surface area (Å²) in [6, 6.07) is 0. The molecule has 4 bridgehead atoms. The molecule has 6 nitrogen and oxygen atoms in total. The number of nitrogens with one attached hydrogen (secondary N) is 2. The summed E-state index contributed by atoms with van der Waals surface area (Å²) in [6.07, 6.45) is 8.13. The van der Waals surface area contributed by atoms with Crippen LogP contribution in [0.25, 0.3) is 0 Å². The Morgan fingerprint density at radius 1 is 1.18 bits per heavy atom. The van der Waals surface area contributed by atoms with E-state index in [0.29, 0.717) is 11.6 Å². The van der Waals surface area contributed by atoms with E-state index >= 15 is 0 Å². The third-order valence-electron chi connectivity index (χ3n) is 6.00. The van der Waals surface area contributed by atoms with Crippen molar-refractivity contribution in [1.82, 2.24) is 15.2 Å². The molecule has 0 aromatic carbocycles. The van der Waals surface area contributed by atoms with Crippen LogP contribution in [0, 0.1) is 30.1 Å². The molecule has 118 valence electrons. The lowest BCUT2D eigenvalue weighted by atomic mass is 9.48. The van der Waals surface area contributed by atoms with E-state index in [4.69, 9.17) is 0 Å². The first kappa shape index (κ1) is 13.9. The van der Waals surface area contributed by atoms with E-state index < -0.39 is 0 Å². The minimum Gasteiger partial charge on any atom is -0.288 e. The molecule has 4 fully saturated rings. The van der Waals surface area contributed by atoms with Crippen LogP contribution in [-0.2, 0) is 0 Å². The molecule has 2 N–H and O–H groups in total. The van der Waals surface area contributed by atoms with Gasteiger partial charge in [0.25, 0.3) is 5.56 Å². The van der Waals surface area contributed by atoms with E-state index in [1.165, 1.54) is 38.5 Å². The van der Waals surface area contributed by atoms with Gasteiger partial charge in [0.15, 0.2) is 0 Å². The van der Waals surface area contributed by atoms with Crippen molar-refractivity contribution in [2.24, 2.45) is 28.3 Å². The van der Waals surface area contributed by atoms with Crippen LogP contribution in [0.5, 0.6) is 0 Å². The fourth-order valence-corrected chi connectivity index (χ4v) is 5.25. The Labute approximate surface area is 129 Å². The van der Waals surface area contributed by atoms with E-state index in [0.717, 1.165) is 23.5 Å². The summed E-state index contributed by atoms with van der Waals surface area (Å²) in [5, 5.41) is 12.3. The van der Waals surface area contributed by atoms with E-state index in [9.17, 15) is 4.79 Å². The molecule has 0 atom stereocenters. The van der Waals surface area contributed by atoms with Crippen LogP contribution in [0.2, 0.25) is 0 Å². The Morgan fingerprint density at radius 3 is 2.32 bits per heavy atom. The lowest BCUT2D eigenvalue weighted by Crippen LogP contribution is -2.49. The Hall–Kier alpha value is -1.72. The first-order chi connectivity index (χ1) is 10.5. The van der Waals surface area contributed by atoms with Crippen LogP contribution >= 0.6 is 0 Å². The first-order valence-corrected chi connectivity index (χ1v) is 8.28. The fourth-order valence-electron chi connectivity index (χ4n) is 5.25. The molecule has 1 aromatic rings. The van der Waals surface area contributed by atoms with Crippen LogP contribution in [0.3, 0.4) is 0 Å². The maximum atomic E-state index is 11.6. The van der Waals surface area contributed by atoms with Crippen LogP contribution in [0.4, 0.5) is 5.95 Å². The van der Waals surface area contributed by atoms with Crippen LogP contribution < -0.4 is 11.0 Å². The number of rotatable bonds is 3. The van der Waals surface area contributed by atoms with E-state index in [2.05, 4.69) is 32.6 Å². The number of aromatic amines is 1. The van der Waals surface area contributed by atoms with Gasteiger partial charge in [-0.15, -0.1) is 10.2 Å². The maximum Gasteiger partial charge on any atom is 0.274 e. The highest BCUT2D eigenvalue weighted by Crippen LogP contribution is 2.60. The molecule has 4 saturated carbocycles. The number of anilines is 1. The second kappa shape index (κ2) is 4.89. The number of hydrogen-bond donors (Lipinski definition) is 2. The molecule has 0 saturated heterocycles.